The smallest absolute Gasteiger partial charge is 0.327 e. The second-order valence-electron chi connectivity index (χ2n) is 5.12. The van der Waals surface area contributed by atoms with E-state index in [1.165, 1.54) is 11.8 Å². The summed E-state index contributed by atoms with van der Waals surface area (Å²) < 4.78 is 0. The van der Waals surface area contributed by atoms with Gasteiger partial charge in [0.15, 0.2) is 0 Å². The number of carboxylic acids is 1. The Labute approximate surface area is 123 Å². The van der Waals surface area contributed by atoms with Crippen LogP contribution in [0.5, 0.6) is 0 Å². The summed E-state index contributed by atoms with van der Waals surface area (Å²) in [5.74, 6) is -0.600. The molecule has 1 rings (SSSR count). The largest absolute Gasteiger partial charge is 0.480 e. The molecule has 0 aromatic rings. The lowest BCUT2D eigenvalue weighted by molar-refractivity contribution is -0.140. The zero-order valence-electron chi connectivity index (χ0n) is 11.9. The average molecular weight is 302 g/mol. The molecule has 7 heteroatoms. The van der Waals surface area contributed by atoms with E-state index >= 15 is 0 Å². The van der Waals surface area contributed by atoms with Crippen molar-refractivity contribution >= 4 is 30.0 Å². The van der Waals surface area contributed by atoms with Gasteiger partial charge in [-0.25, -0.2) is 4.79 Å². The van der Waals surface area contributed by atoms with Crippen LogP contribution < -0.4 is 5.32 Å². The molecule has 0 aromatic carbocycles. The van der Waals surface area contributed by atoms with E-state index in [0.29, 0.717) is 6.41 Å². The Kier molecular flexibility index (Phi) is 6.84. The molecule has 1 heterocycles. The fourth-order valence-corrected chi connectivity index (χ4v) is 3.44. The first-order valence-corrected chi connectivity index (χ1v) is 7.94. The first-order valence-electron chi connectivity index (χ1n) is 6.78. The van der Waals surface area contributed by atoms with Crippen LogP contribution in [0.4, 0.5) is 0 Å². The third-order valence-electron chi connectivity index (χ3n) is 3.56. The van der Waals surface area contributed by atoms with E-state index in [2.05, 4.69) is 5.32 Å². The first kappa shape index (κ1) is 16.8. The fourth-order valence-electron chi connectivity index (χ4n) is 2.52. The van der Waals surface area contributed by atoms with Gasteiger partial charge in [-0.05, 0) is 33.1 Å². The van der Waals surface area contributed by atoms with E-state index in [0.717, 1.165) is 19.3 Å². The number of nitrogens with zero attached hydrogens (tertiary/aromatic N) is 1. The maximum atomic E-state index is 12.2. The summed E-state index contributed by atoms with van der Waals surface area (Å²) in [6, 6.07) is -0.452. The number of carboxylic acid groups (broad SMARTS) is 1. The third kappa shape index (κ3) is 4.70. The Morgan fingerprint density at radius 2 is 2.00 bits per heavy atom. The number of carbonyl (C=O) groups is 3. The monoisotopic (exact) mass is 302 g/mol. The summed E-state index contributed by atoms with van der Waals surface area (Å²) in [6.07, 6.45) is 3.55. The molecule has 0 bridgehead atoms. The molecule has 114 valence electrons. The molecule has 0 radical (unpaired) electrons. The minimum atomic E-state index is -1.09. The highest BCUT2D eigenvalue weighted by Crippen LogP contribution is 2.23. The van der Waals surface area contributed by atoms with Gasteiger partial charge in [-0.15, -0.1) is 11.8 Å². The van der Waals surface area contributed by atoms with Crippen LogP contribution in [-0.4, -0.2) is 57.9 Å². The highest BCUT2D eigenvalue weighted by molar-refractivity contribution is 8.00. The van der Waals surface area contributed by atoms with Gasteiger partial charge in [0.1, 0.15) is 6.04 Å². The van der Waals surface area contributed by atoms with Gasteiger partial charge in [0.05, 0.1) is 5.75 Å². The van der Waals surface area contributed by atoms with Crippen LogP contribution in [0.1, 0.15) is 33.1 Å². The number of nitrogens with one attached hydrogen (secondary N) is 1. The second kappa shape index (κ2) is 8.14. The highest BCUT2D eigenvalue weighted by atomic mass is 32.2. The summed E-state index contributed by atoms with van der Waals surface area (Å²) in [4.78, 5) is 35.2. The number of thioether (sulfide) groups is 1. The maximum absolute atomic E-state index is 12.2. The van der Waals surface area contributed by atoms with Crippen LogP contribution >= 0.6 is 11.8 Å². The number of hydrogen-bond donors (Lipinski definition) is 2. The van der Waals surface area contributed by atoms with Crippen molar-refractivity contribution in [1.29, 1.82) is 0 Å². The van der Waals surface area contributed by atoms with E-state index < -0.39 is 12.0 Å². The molecule has 1 saturated heterocycles. The van der Waals surface area contributed by atoms with Crippen LogP contribution in [0.2, 0.25) is 0 Å². The Balaban J connectivity index is 2.42. The lowest BCUT2D eigenvalue weighted by atomic mass is 9.98. The van der Waals surface area contributed by atoms with Gasteiger partial charge in [-0.2, -0.15) is 0 Å². The first-order chi connectivity index (χ1) is 9.47. The molecule has 2 amide bonds. The van der Waals surface area contributed by atoms with Gasteiger partial charge in [-0.1, -0.05) is 0 Å². The summed E-state index contributed by atoms with van der Waals surface area (Å²) in [5.41, 5.74) is 0. The molecule has 6 nitrogen and oxygen atoms in total. The van der Waals surface area contributed by atoms with E-state index in [1.54, 1.807) is 0 Å². The zero-order valence-corrected chi connectivity index (χ0v) is 12.7. The van der Waals surface area contributed by atoms with Crippen molar-refractivity contribution in [3.63, 3.8) is 0 Å². The van der Waals surface area contributed by atoms with Gasteiger partial charge in [0, 0.05) is 17.8 Å². The number of rotatable bonds is 7. The highest BCUT2D eigenvalue weighted by Gasteiger charge is 2.28. The van der Waals surface area contributed by atoms with E-state index in [4.69, 9.17) is 5.11 Å². The molecular weight excluding hydrogens is 280 g/mol. The summed E-state index contributed by atoms with van der Waals surface area (Å²) in [7, 11) is 0. The van der Waals surface area contributed by atoms with Crippen molar-refractivity contribution < 1.29 is 19.5 Å². The Morgan fingerprint density at radius 1 is 1.40 bits per heavy atom. The molecule has 1 aliphatic rings. The molecule has 1 aliphatic heterocycles. The molecule has 20 heavy (non-hydrogen) atoms. The molecule has 0 aromatic heterocycles. The number of amides is 2. The van der Waals surface area contributed by atoms with Gasteiger partial charge in [-0.3, -0.25) is 9.59 Å². The van der Waals surface area contributed by atoms with Crippen LogP contribution in [0.15, 0.2) is 0 Å². The summed E-state index contributed by atoms with van der Waals surface area (Å²) in [6.45, 7) is 4.10. The molecule has 1 fully saturated rings. The van der Waals surface area contributed by atoms with Crippen molar-refractivity contribution in [3.8, 4) is 0 Å². The van der Waals surface area contributed by atoms with Crippen molar-refractivity contribution in [2.24, 2.45) is 0 Å². The van der Waals surface area contributed by atoms with Crippen LogP contribution in [-0.2, 0) is 14.4 Å². The minimum absolute atomic E-state index is 0.0462. The number of piperidine rings is 1. The predicted molar refractivity (Wildman–Crippen MR) is 77.6 cm³/mol. The quantitative estimate of drug-likeness (QED) is 0.676. The van der Waals surface area contributed by atoms with E-state index in [9.17, 15) is 14.4 Å². The van der Waals surface area contributed by atoms with E-state index in [-0.39, 0.29) is 29.5 Å². The van der Waals surface area contributed by atoms with E-state index in [1.807, 2.05) is 18.7 Å². The number of likely N-dealkylation sites (tertiary alicyclic amines) is 1. The molecule has 0 spiro atoms. The fraction of sp³-hybridized carbons (Fsp3) is 0.769. The zero-order chi connectivity index (χ0) is 15.1. The molecule has 3 atom stereocenters. The predicted octanol–water partition coefficient (Wildman–Crippen LogP) is 0.708. The van der Waals surface area contributed by atoms with Crippen molar-refractivity contribution in [3.05, 3.63) is 0 Å². The summed E-state index contributed by atoms with van der Waals surface area (Å²) in [5, 5.41) is 11.1. The van der Waals surface area contributed by atoms with Gasteiger partial charge >= 0.3 is 5.97 Å². The molecule has 0 aliphatic carbocycles. The maximum Gasteiger partial charge on any atom is 0.327 e. The Morgan fingerprint density at radius 3 is 2.50 bits per heavy atom. The molecular formula is C13H22N2O4S. The average Bonchev–Trinajstić information content (AvgIpc) is 2.37. The van der Waals surface area contributed by atoms with Crippen LogP contribution in [0, 0.1) is 0 Å². The number of aliphatic carboxylic acids is 1. The lowest BCUT2D eigenvalue weighted by Gasteiger charge is -2.39. The van der Waals surface area contributed by atoms with Gasteiger partial charge < -0.3 is 15.3 Å². The van der Waals surface area contributed by atoms with Crippen LogP contribution in [0.3, 0.4) is 0 Å². The molecule has 0 saturated carbocycles. The normalized spacial score (nSPS) is 24.0. The Bertz CT molecular complexity index is 354. The number of hydrogen-bond acceptors (Lipinski definition) is 4. The SMILES string of the molecule is CC1CCCC(C)N1C(=O)CSCC(NC=O)C(=O)O. The van der Waals surface area contributed by atoms with Crippen molar-refractivity contribution in [2.75, 3.05) is 11.5 Å². The topological polar surface area (TPSA) is 86.7 Å². The van der Waals surface area contributed by atoms with Gasteiger partial charge in [0.25, 0.3) is 0 Å². The minimum Gasteiger partial charge on any atom is -0.480 e. The Hall–Kier alpha value is -1.24. The van der Waals surface area contributed by atoms with Crippen LogP contribution in [0.25, 0.3) is 0 Å². The second-order valence-corrected chi connectivity index (χ2v) is 6.15. The lowest BCUT2D eigenvalue weighted by Crippen LogP contribution is -2.48. The van der Waals surface area contributed by atoms with Crippen molar-refractivity contribution in [2.45, 2.75) is 51.2 Å². The van der Waals surface area contributed by atoms with Crippen molar-refractivity contribution in [1.82, 2.24) is 10.2 Å². The third-order valence-corrected chi connectivity index (χ3v) is 4.58. The van der Waals surface area contributed by atoms with Gasteiger partial charge in [0.2, 0.25) is 12.3 Å². The summed E-state index contributed by atoms with van der Waals surface area (Å²) >= 11 is 1.24. The number of carbonyl (C=O) groups excluding carboxylic acids is 2. The standard InChI is InChI=1S/C13H22N2O4S/c1-9-4-3-5-10(2)15(9)12(17)7-20-6-11(13(18)19)14-8-16/h8-11H,3-7H2,1-2H3,(H,14,16)(H,18,19). The molecule has 2 N–H and O–H groups in total. The molecule has 3 unspecified atom stereocenters.